The Morgan fingerprint density at radius 3 is 2.35 bits per heavy atom. The lowest BCUT2D eigenvalue weighted by molar-refractivity contribution is -0.146. The second-order valence-electron chi connectivity index (χ2n) is 9.62. The Hall–Kier alpha value is -3.05. The van der Waals surface area contributed by atoms with E-state index in [4.69, 9.17) is 0 Å². The van der Waals surface area contributed by atoms with Crippen LogP contribution in [0.2, 0.25) is 0 Å². The van der Waals surface area contributed by atoms with E-state index in [-0.39, 0.29) is 44.0 Å². The van der Waals surface area contributed by atoms with Gasteiger partial charge in [-0.25, -0.2) is 13.6 Å². The van der Waals surface area contributed by atoms with Crippen molar-refractivity contribution in [2.45, 2.75) is 88.3 Å². The Bertz CT molecular complexity index is 938. The van der Waals surface area contributed by atoms with Crippen LogP contribution in [0.25, 0.3) is 0 Å². The minimum absolute atomic E-state index is 0.129. The zero-order valence-electron chi connectivity index (χ0n) is 19.6. The molecule has 0 bridgehead atoms. The monoisotopic (exact) mass is 482 g/mol. The average Bonchev–Trinajstić information content (AvgIpc) is 3.32. The zero-order valence-corrected chi connectivity index (χ0v) is 19.6. The molecule has 0 saturated heterocycles. The Morgan fingerprint density at radius 2 is 1.82 bits per heavy atom. The topological polar surface area (TPSA) is 134 Å². The molecule has 2 saturated carbocycles. The maximum Gasteiger partial charge on any atom is 0.315 e. The summed E-state index contributed by atoms with van der Waals surface area (Å²) < 4.78 is 30.5. The SMILES string of the molecule is CC(C)NC(=O)N[C@@H](CC1(F)CCCC1)C(=O)N[C@]1(C(=O)C(=O)Nc2ccn(C)n2)C[C@@H](F)C1. The molecule has 188 valence electrons. The first-order valence-corrected chi connectivity index (χ1v) is 11.5. The number of aryl methyl sites for hydroxylation is 1. The molecule has 2 aliphatic rings. The molecule has 10 nitrogen and oxygen atoms in total. The van der Waals surface area contributed by atoms with Crippen LogP contribution in [0.4, 0.5) is 19.4 Å². The van der Waals surface area contributed by atoms with E-state index in [1.54, 1.807) is 27.1 Å². The average molecular weight is 483 g/mol. The number of halogens is 2. The second-order valence-corrected chi connectivity index (χ2v) is 9.62. The summed E-state index contributed by atoms with van der Waals surface area (Å²) in [5.41, 5.74) is -3.41. The van der Waals surface area contributed by atoms with Gasteiger partial charge in [0.2, 0.25) is 11.7 Å². The predicted molar refractivity (Wildman–Crippen MR) is 119 cm³/mol. The highest BCUT2D eigenvalue weighted by Gasteiger charge is 2.55. The van der Waals surface area contributed by atoms with E-state index < -0.39 is 47.0 Å². The number of nitrogens with one attached hydrogen (secondary N) is 4. The van der Waals surface area contributed by atoms with Gasteiger partial charge in [-0.15, -0.1) is 0 Å². The van der Waals surface area contributed by atoms with Crippen molar-refractivity contribution in [3.63, 3.8) is 0 Å². The molecule has 1 aromatic heterocycles. The van der Waals surface area contributed by atoms with Crippen molar-refractivity contribution in [3.05, 3.63) is 12.3 Å². The molecule has 0 unspecified atom stereocenters. The lowest BCUT2D eigenvalue weighted by Gasteiger charge is -2.43. The molecule has 1 atom stereocenters. The Labute approximate surface area is 196 Å². The van der Waals surface area contributed by atoms with Gasteiger partial charge in [-0.3, -0.25) is 19.1 Å². The van der Waals surface area contributed by atoms with E-state index in [0.29, 0.717) is 12.8 Å². The molecule has 2 fully saturated rings. The summed E-state index contributed by atoms with van der Waals surface area (Å²) in [5.74, 6) is -2.79. The first-order chi connectivity index (χ1) is 15.9. The molecule has 12 heteroatoms. The molecule has 0 aliphatic heterocycles. The number of ketones is 1. The van der Waals surface area contributed by atoms with E-state index in [2.05, 4.69) is 26.4 Å². The number of urea groups is 1. The first kappa shape index (κ1) is 25.6. The predicted octanol–water partition coefficient (Wildman–Crippen LogP) is 1.66. The zero-order chi connectivity index (χ0) is 25.1. The molecule has 0 radical (unpaired) electrons. The molecule has 1 aromatic rings. The lowest BCUT2D eigenvalue weighted by atomic mass is 9.71. The van der Waals surface area contributed by atoms with Crippen molar-refractivity contribution in [1.29, 1.82) is 0 Å². The maximum absolute atomic E-state index is 15.2. The Balaban J connectivity index is 1.74. The number of nitrogens with zero attached hydrogens (tertiary/aromatic N) is 2. The highest BCUT2D eigenvalue weighted by molar-refractivity contribution is 6.44. The number of Topliss-reactive ketones (excluding diaryl/α,β-unsaturated/α-hetero) is 1. The van der Waals surface area contributed by atoms with Crippen molar-refractivity contribution in [3.8, 4) is 0 Å². The lowest BCUT2D eigenvalue weighted by Crippen LogP contribution is -2.68. The fourth-order valence-corrected chi connectivity index (χ4v) is 4.49. The van der Waals surface area contributed by atoms with Crippen LogP contribution in [0, 0.1) is 0 Å². The highest BCUT2D eigenvalue weighted by Crippen LogP contribution is 2.39. The van der Waals surface area contributed by atoms with Gasteiger partial charge in [0, 0.05) is 44.6 Å². The van der Waals surface area contributed by atoms with Gasteiger partial charge >= 0.3 is 6.03 Å². The van der Waals surface area contributed by atoms with Crippen LogP contribution in [0.15, 0.2) is 12.3 Å². The molecule has 0 spiro atoms. The summed E-state index contributed by atoms with van der Waals surface area (Å²) in [6.45, 7) is 3.46. The van der Waals surface area contributed by atoms with Crippen LogP contribution in [0.3, 0.4) is 0 Å². The van der Waals surface area contributed by atoms with Gasteiger partial charge in [-0.05, 0) is 26.7 Å². The van der Waals surface area contributed by atoms with Crippen molar-refractivity contribution in [2.75, 3.05) is 5.32 Å². The number of amides is 4. The summed E-state index contributed by atoms with van der Waals surface area (Å²) in [6.07, 6.45) is 0.967. The van der Waals surface area contributed by atoms with Crippen molar-refractivity contribution < 1.29 is 28.0 Å². The number of rotatable bonds is 9. The molecular weight excluding hydrogens is 450 g/mol. The Morgan fingerprint density at radius 1 is 1.18 bits per heavy atom. The number of carbonyl (C=O) groups excluding carboxylic acids is 4. The smallest absolute Gasteiger partial charge is 0.315 e. The fraction of sp³-hybridized carbons (Fsp3) is 0.682. The minimum Gasteiger partial charge on any atom is -0.341 e. The fourth-order valence-electron chi connectivity index (χ4n) is 4.49. The standard InChI is InChI=1S/C22H32F2N6O4/c1-13(2)25-20(34)26-15(12-21(24)7-4-5-8-21)18(32)28-22(10-14(23)11-22)17(31)19(33)27-16-6-9-30(3)29-16/h6,9,13-15H,4-5,7-8,10-12H2,1-3H3,(H,28,32)(H2,25,26,34)(H,27,29,33)/t14-,15-,22-/m0/s1. The van der Waals surface area contributed by atoms with Gasteiger partial charge in [-0.2, -0.15) is 5.10 Å². The van der Waals surface area contributed by atoms with Crippen LogP contribution in [0.1, 0.15) is 58.8 Å². The summed E-state index contributed by atoms with van der Waals surface area (Å²) in [6, 6.07) is -0.715. The van der Waals surface area contributed by atoms with Crippen molar-refractivity contribution >= 4 is 29.4 Å². The van der Waals surface area contributed by atoms with E-state index >= 15 is 4.39 Å². The molecule has 4 N–H and O–H groups in total. The van der Waals surface area contributed by atoms with Crippen molar-refractivity contribution in [1.82, 2.24) is 25.7 Å². The van der Waals surface area contributed by atoms with Gasteiger partial charge in [0.15, 0.2) is 5.82 Å². The maximum atomic E-state index is 15.2. The molecule has 4 amide bonds. The number of carbonyl (C=O) groups is 4. The second kappa shape index (κ2) is 10.1. The summed E-state index contributed by atoms with van der Waals surface area (Å²) in [4.78, 5) is 50.9. The van der Waals surface area contributed by atoms with Gasteiger partial charge in [0.05, 0.1) is 0 Å². The minimum atomic E-state index is -1.77. The van der Waals surface area contributed by atoms with Crippen LogP contribution < -0.4 is 21.3 Å². The number of aromatic nitrogens is 2. The molecular formula is C22H32F2N6O4. The summed E-state index contributed by atoms with van der Waals surface area (Å²) in [5, 5.41) is 13.8. The molecule has 34 heavy (non-hydrogen) atoms. The van der Waals surface area contributed by atoms with Crippen LogP contribution in [-0.4, -0.2) is 62.9 Å². The first-order valence-electron chi connectivity index (χ1n) is 11.5. The van der Waals surface area contributed by atoms with Gasteiger partial charge in [0.1, 0.15) is 23.4 Å². The molecule has 2 aliphatic carbocycles. The van der Waals surface area contributed by atoms with E-state index in [1.807, 2.05) is 0 Å². The van der Waals surface area contributed by atoms with Crippen molar-refractivity contribution in [2.24, 2.45) is 7.05 Å². The summed E-state index contributed by atoms with van der Waals surface area (Å²) >= 11 is 0. The third kappa shape index (κ3) is 6.09. The Kier molecular flexibility index (Phi) is 7.57. The third-order valence-corrected chi connectivity index (χ3v) is 6.21. The normalized spacial score (nSPS) is 24.1. The third-order valence-electron chi connectivity index (χ3n) is 6.21. The number of hydrogen-bond acceptors (Lipinski definition) is 5. The van der Waals surface area contributed by atoms with Gasteiger partial charge < -0.3 is 21.3 Å². The van der Waals surface area contributed by atoms with Crippen LogP contribution in [-0.2, 0) is 21.4 Å². The van der Waals surface area contributed by atoms with E-state index in [9.17, 15) is 23.6 Å². The number of anilines is 1. The molecule has 1 heterocycles. The number of alkyl halides is 2. The van der Waals surface area contributed by atoms with Crippen LogP contribution >= 0.6 is 0 Å². The number of hydrogen-bond donors (Lipinski definition) is 4. The van der Waals surface area contributed by atoms with E-state index in [1.165, 1.54) is 10.7 Å². The highest BCUT2D eigenvalue weighted by atomic mass is 19.1. The van der Waals surface area contributed by atoms with Gasteiger partial charge in [0.25, 0.3) is 5.91 Å². The summed E-state index contributed by atoms with van der Waals surface area (Å²) in [7, 11) is 1.63. The van der Waals surface area contributed by atoms with E-state index in [0.717, 1.165) is 0 Å². The largest absolute Gasteiger partial charge is 0.341 e. The molecule has 0 aromatic carbocycles. The quantitative estimate of drug-likeness (QED) is 0.397. The molecule has 3 rings (SSSR count). The van der Waals surface area contributed by atoms with Gasteiger partial charge in [-0.1, -0.05) is 12.8 Å². The van der Waals surface area contributed by atoms with Crippen LogP contribution in [0.5, 0.6) is 0 Å².